The van der Waals surface area contributed by atoms with E-state index in [1.165, 1.54) is 49.4 Å². The lowest BCUT2D eigenvalue weighted by atomic mass is 10.1. The van der Waals surface area contributed by atoms with Crippen molar-refractivity contribution in [2.75, 3.05) is 16.4 Å². The molecule has 0 aliphatic rings. The van der Waals surface area contributed by atoms with Gasteiger partial charge in [0.1, 0.15) is 5.82 Å². The number of alkyl halides is 3. The highest BCUT2D eigenvalue weighted by molar-refractivity contribution is 8.01. The van der Waals surface area contributed by atoms with Crippen LogP contribution in [0.15, 0.2) is 48.5 Å². The minimum atomic E-state index is -4.59. The molecule has 0 bridgehead atoms. The van der Waals surface area contributed by atoms with Crippen LogP contribution < -0.4 is 10.6 Å². The fraction of sp³-hybridized carbons (Fsp3) is 0.222. The van der Waals surface area contributed by atoms with Gasteiger partial charge in [0.25, 0.3) is 0 Å². The highest BCUT2D eigenvalue weighted by Gasteiger charge is 2.33. The van der Waals surface area contributed by atoms with E-state index in [0.717, 1.165) is 17.8 Å². The molecule has 1 atom stereocenters. The van der Waals surface area contributed by atoms with E-state index in [2.05, 4.69) is 10.6 Å². The van der Waals surface area contributed by atoms with Crippen molar-refractivity contribution in [2.24, 2.45) is 0 Å². The fourth-order valence-electron chi connectivity index (χ4n) is 2.08. The van der Waals surface area contributed by atoms with Crippen molar-refractivity contribution in [1.29, 1.82) is 0 Å². The fourth-order valence-corrected chi connectivity index (χ4v) is 2.76. The molecule has 2 N–H and O–H groups in total. The molecule has 0 fully saturated rings. The maximum atomic E-state index is 13.0. The predicted molar refractivity (Wildman–Crippen MR) is 97.0 cm³/mol. The molecule has 1 unspecified atom stereocenters. The molecule has 2 rings (SSSR count). The van der Waals surface area contributed by atoms with E-state index >= 15 is 0 Å². The molecule has 0 saturated heterocycles. The normalized spacial score (nSPS) is 12.3. The monoisotopic (exact) mass is 400 g/mol. The van der Waals surface area contributed by atoms with Gasteiger partial charge in [-0.25, -0.2) is 4.39 Å². The van der Waals surface area contributed by atoms with Crippen LogP contribution in [0.4, 0.5) is 28.9 Å². The minimum Gasteiger partial charge on any atom is -0.325 e. The minimum absolute atomic E-state index is 0.0904. The zero-order valence-electron chi connectivity index (χ0n) is 14.1. The second-order valence-corrected chi connectivity index (χ2v) is 6.87. The number of benzene rings is 2. The van der Waals surface area contributed by atoms with Gasteiger partial charge in [0.2, 0.25) is 11.8 Å². The summed E-state index contributed by atoms with van der Waals surface area (Å²) in [6.07, 6.45) is -4.59. The zero-order chi connectivity index (χ0) is 20.0. The number of hydrogen-bond acceptors (Lipinski definition) is 3. The number of nitrogens with one attached hydrogen (secondary N) is 2. The lowest BCUT2D eigenvalue weighted by molar-refractivity contribution is -0.137. The molecule has 0 heterocycles. The van der Waals surface area contributed by atoms with Crippen LogP contribution >= 0.6 is 11.8 Å². The first-order chi connectivity index (χ1) is 12.7. The van der Waals surface area contributed by atoms with Crippen LogP contribution in [0, 0.1) is 5.82 Å². The van der Waals surface area contributed by atoms with Crippen LogP contribution in [0.25, 0.3) is 0 Å². The van der Waals surface area contributed by atoms with Gasteiger partial charge in [0.15, 0.2) is 0 Å². The van der Waals surface area contributed by atoms with Gasteiger partial charge >= 0.3 is 6.18 Å². The molecule has 2 aromatic rings. The van der Waals surface area contributed by atoms with Gasteiger partial charge in [-0.05, 0) is 43.3 Å². The number of para-hydroxylation sites is 1. The van der Waals surface area contributed by atoms with Crippen molar-refractivity contribution >= 4 is 35.0 Å². The first-order valence-electron chi connectivity index (χ1n) is 7.81. The third kappa shape index (κ3) is 6.28. The maximum Gasteiger partial charge on any atom is 0.418 e. The van der Waals surface area contributed by atoms with Gasteiger partial charge in [-0.15, -0.1) is 11.8 Å². The lowest BCUT2D eigenvalue weighted by Gasteiger charge is -2.16. The highest BCUT2D eigenvalue weighted by atomic mass is 32.2. The molecular formula is C18H16F4N2O2S. The van der Waals surface area contributed by atoms with Crippen LogP contribution in [-0.4, -0.2) is 22.8 Å². The smallest absolute Gasteiger partial charge is 0.325 e. The molecule has 4 nitrogen and oxygen atoms in total. The zero-order valence-corrected chi connectivity index (χ0v) is 15.0. The summed E-state index contributed by atoms with van der Waals surface area (Å²) in [5.74, 6) is -1.59. The number of anilines is 2. The van der Waals surface area contributed by atoms with Crippen molar-refractivity contribution in [2.45, 2.75) is 18.3 Å². The van der Waals surface area contributed by atoms with Crippen LogP contribution in [0.3, 0.4) is 0 Å². The lowest BCUT2D eigenvalue weighted by Crippen LogP contribution is -2.26. The van der Waals surface area contributed by atoms with Crippen LogP contribution in [0.2, 0.25) is 0 Å². The van der Waals surface area contributed by atoms with Gasteiger partial charge in [0, 0.05) is 5.69 Å². The predicted octanol–water partition coefficient (Wildman–Crippen LogP) is 4.54. The number of thioether (sulfide) groups is 1. The third-order valence-electron chi connectivity index (χ3n) is 3.45. The Morgan fingerprint density at radius 2 is 1.67 bits per heavy atom. The number of carbonyl (C=O) groups is 2. The Hall–Kier alpha value is -2.55. The van der Waals surface area contributed by atoms with E-state index < -0.39 is 34.6 Å². The molecule has 0 saturated carbocycles. The van der Waals surface area contributed by atoms with Crippen LogP contribution in [0.1, 0.15) is 12.5 Å². The second-order valence-electron chi connectivity index (χ2n) is 5.54. The van der Waals surface area contributed by atoms with Gasteiger partial charge in [-0.3, -0.25) is 9.59 Å². The molecule has 0 aromatic heterocycles. The number of amides is 2. The van der Waals surface area contributed by atoms with E-state index in [-0.39, 0.29) is 11.4 Å². The molecule has 0 radical (unpaired) electrons. The molecule has 0 spiro atoms. The Balaban J connectivity index is 1.89. The van der Waals surface area contributed by atoms with Gasteiger partial charge in [0.05, 0.1) is 22.3 Å². The quantitative estimate of drug-likeness (QED) is 0.700. The molecule has 2 aromatic carbocycles. The van der Waals surface area contributed by atoms with E-state index in [4.69, 9.17) is 0 Å². The Morgan fingerprint density at radius 3 is 2.30 bits per heavy atom. The number of halogens is 4. The maximum absolute atomic E-state index is 13.0. The van der Waals surface area contributed by atoms with Crippen LogP contribution in [-0.2, 0) is 15.8 Å². The van der Waals surface area contributed by atoms with Gasteiger partial charge in [-0.2, -0.15) is 13.2 Å². The molecule has 2 amide bonds. The number of hydrogen-bond donors (Lipinski definition) is 2. The molecular weight excluding hydrogens is 384 g/mol. The SMILES string of the molecule is CC(SCC(=O)Nc1ccc(F)cc1)C(=O)Nc1ccccc1C(F)(F)F. The topological polar surface area (TPSA) is 58.2 Å². The summed E-state index contributed by atoms with van der Waals surface area (Å²) in [6.45, 7) is 1.49. The van der Waals surface area contributed by atoms with E-state index in [0.29, 0.717) is 5.69 Å². The standard InChI is InChI=1S/C18H16F4N2O2S/c1-11(27-10-16(25)23-13-8-6-12(19)7-9-13)17(26)24-15-5-3-2-4-14(15)18(20,21)22/h2-9,11H,10H2,1H3,(H,23,25)(H,24,26). The van der Waals surface area contributed by atoms with Crippen LogP contribution in [0.5, 0.6) is 0 Å². The summed E-state index contributed by atoms with van der Waals surface area (Å²) < 4.78 is 51.7. The Labute approximate surface area is 157 Å². The van der Waals surface area contributed by atoms with Crippen molar-refractivity contribution in [3.05, 3.63) is 59.9 Å². The molecule has 27 heavy (non-hydrogen) atoms. The molecule has 144 valence electrons. The first-order valence-corrected chi connectivity index (χ1v) is 8.86. The summed E-state index contributed by atoms with van der Waals surface area (Å²) in [7, 11) is 0. The van der Waals surface area contributed by atoms with Gasteiger partial charge in [-0.1, -0.05) is 12.1 Å². The van der Waals surface area contributed by atoms with E-state index in [9.17, 15) is 27.2 Å². The number of rotatable bonds is 6. The van der Waals surface area contributed by atoms with Crippen molar-refractivity contribution < 1.29 is 27.2 Å². The van der Waals surface area contributed by atoms with Gasteiger partial charge < -0.3 is 10.6 Å². The highest BCUT2D eigenvalue weighted by Crippen LogP contribution is 2.34. The molecule has 0 aliphatic heterocycles. The average Bonchev–Trinajstić information content (AvgIpc) is 2.61. The van der Waals surface area contributed by atoms with Crippen molar-refractivity contribution in [1.82, 2.24) is 0 Å². The summed E-state index contributed by atoms with van der Waals surface area (Å²) >= 11 is 0.968. The van der Waals surface area contributed by atoms with Crippen molar-refractivity contribution in [3.8, 4) is 0 Å². The second kappa shape index (κ2) is 8.90. The van der Waals surface area contributed by atoms with Crippen molar-refractivity contribution in [3.63, 3.8) is 0 Å². The largest absolute Gasteiger partial charge is 0.418 e. The molecule has 0 aliphatic carbocycles. The molecule has 9 heteroatoms. The summed E-state index contributed by atoms with van der Waals surface area (Å²) in [5.41, 5.74) is -0.874. The number of carbonyl (C=O) groups excluding carboxylic acids is 2. The Kier molecular flexibility index (Phi) is 6.84. The Morgan fingerprint density at radius 1 is 1.04 bits per heavy atom. The summed E-state index contributed by atoms with van der Waals surface area (Å²) in [4.78, 5) is 24.0. The summed E-state index contributed by atoms with van der Waals surface area (Å²) in [5, 5.41) is 4.02. The summed E-state index contributed by atoms with van der Waals surface area (Å²) in [6, 6.07) is 9.83. The van der Waals surface area contributed by atoms with E-state index in [1.54, 1.807) is 0 Å². The first kappa shape index (κ1) is 20.8. The van der Waals surface area contributed by atoms with E-state index in [1.807, 2.05) is 0 Å². The third-order valence-corrected chi connectivity index (χ3v) is 4.59. The average molecular weight is 400 g/mol. The Bertz CT molecular complexity index is 810.